The van der Waals surface area contributed by atoms with Crippen LogP contribution in [0.1, 0.15) is 12.2 Å². The van der Waals surface area contributed by atoms with Gasteiger partial charge in [-0.25, -0.2) is 18.7 Å². The molecule has 0 radical (unpaired) electrons. The van der Waals surface area contributed by atoms with Gasteiger partial charge in [-0.2, -0.15) is 0 Å². The molecule has 0 unspecified atom stereocenters. The van der Waals surface area contributed by atoms with E-state index >= 15 is 0 Å². The van der Waals surface area contributed by atoms with E-state index in [1.54, 1.807) is 12.3 Å². The Hall–Kier alpha value is -1.88. The van der Waals surface area contributed by atoms with Crippen LogP contribution in [0.25, 0.3) is 11.3 Å². The molecule has 1 heterocycles. The standard InChI is InChI=1S/C14H15F2N3/c1-17-7-2-3-14-18-8-6-13(19-14)11-9-10(15)4-5-12(11)16/h4-6,8-9,17H,2-3,7H2,1H3. The van der Waals surface area contributed by atoms with Crippen molar-refractivity contribution in [1.29, 1.82) is 0 Å². The molecule has 0 aliphatic rings. The molecule has 1 aromatic carbocycles. The summed E-state index contributed by atoms with van der Waals surface area (Å²) < 4.78 is 26.8. The monoisotopic (exact) mass is 263 g/mol. The zero-order valence-corrected chi connectivity index (χ0v) is 10.7. The van der Waals surface area contributed by atoms with E-state index in [0.29, 0.717) is 17.9 Å². The normalized spacial score (nSPS) is 10.7. The second-order valence-electron chi connectivity index (χ2n) is 4.19. The van der Waals surface area contributed by atoms with Gasteiger partial charge in [0.2, 0.25) is 0 Å². The summed E-state index contributed by atoms with van der Waals surface area (Å²) in [4.78, 5) is 8.40. The predicted molar refractivity (Wildman–Crippen MR) is 69.6 cm³/mol. The molecule has 0 saturated carbocycles. The molecular formula is C14H15F2N3. The summed E-state index contributed by atoms with van der Waals surface area (Å²) in [5.74, 6) is -0.329. The Morgan fingerprint density at radius 2 is 2.05 bits per heavy atom. The Balaban J connectivity index is 2.24. The summed E-state index contributed by atoms with van der Waals surface area (Å²) in [6, 6.07) is 4.93. The number of nitrogens with one attached hydrogen (secondary N) is 1. The summed E-state index contributed by atoms with van der Waals surface area (Å²) in [7, 11) is 1.87. The lowest BCUT2D eigenvalue weighted by Crippen LogP contribution is -2.09. The van der Waals surface area contributed by atoms with Crippen LogP contribution in [-0.2, 0) is 6.42 Å². The van der Waals surface area contributed by atoms with Crippen molar-refractivity contribution < 1.29 is 8.78 Å². The molecule has 0 fully saturated rings. The Bertz CT molecular complexity index is 558. The van der Waals surface area contributed by atoms with Crippen molar-refractivity contribution >= 4 is 0 Å². The molecule has 0 aliphatic heterocycles. The Kier molecular flexibility index (Phi) is 4.52. The summed E-state index contributed by atoms with van der Waals surface area (Å²) >= 11 is 0. The summed E-state index contributed by atoms with van der Waals surface area (Å²) in [5.41, 5.74) is 0.573. The number of benzene rings is 1. The van der Waals surface area contributed by atoms with Gasteiger partial charge in [-0.3, -0.25) is 0 Å². The molecule has 0 saturated heterocycles. The molecule has 1 aromatic heterocycles. The highest BCUT2D eigenvalue weighted by Gasteiger charge is 2.09. The smallest absolute Gasteiger partial charge is 0.132 e. The predicted octanol–water partition coefficient (Wildman–Crippen LogP) is 2.57. The van der Waals surface area contributed by atoms with Gasteiger partial charge in [0, 0.05) is 18.2 Å². The third-order valence-electron chi connectivity index (χ3n) is 2.74. The molecule has 1 N–H and O–H groups in total. The number of halogens is 2. The van der Waals surface area contributed by atoms with Crippen molar-refractivity contribution in [1.82, 2.24) is 15.3 Å². The van der Waals surface area contributed by atoms with E-state index < -0.39 is 11.6 Å². The fourth-order valence-corrected chi connectivity index (χ4v) is 1.79. The summed E-state index contributed by atoms with van der Waals surface area (Å²) in [6.45, 7) is 0.863. The van der Waals surface area contributed by atoms with Crippen molar-refractivity contribution in [3.05, 3.63) is 47.9 Å². The quantitative estimate of drug-likeness (QED) is 0.842. The van der Waals surface area contributed by atoms with Gasteiger partial charge in [-0.15, -0.1) is 0 Å². The van der Waals surface area contributed by atoms with Gasteiger partial charge in [0.25, 0.3) is 0 Å². The SMILES string of the molecule is CNCCCc1nccc(-c2cc(F)ccc2F)n1. The van der Waals surface area contributed by atoms with Crippen molar-refractivity contribution in [3.8, 4) is 11.3 Å². The first-order chi connectivity index (χ1) is 9.20. The van der Waals surface area contributed by atoms with Gasteiger partial charge < -0.3 is 5.32 Å². The Morgan fingerprint density at radius 1 is 1.21 bits per heavy atom. The van der Waals surface area contributed by atoms with Gasteiger partial charge >= 0.3 is 0 Å². The minimum Gasteiger partial charge on any atom is -0.320 e. The lowest BCUT2D eigenvalue weighted by Gasteiger charge is -2.05. The van der Waals surface area contributed by atoms with Crippen LogP contribution in [0.4, 0.5) is 8.78 Å². The number of hydrogen-bond donors (Lipinski definition) is 1. The average molecular weight is 263 g/mol. The van der Waals surface area contributed by atoms with Crippen LogP contribution in [0.2, 0.25) is 0 Å². The van der Waals surface area contributed by atoms with Crippen LogP contribution in [-0.4, -0.2) is 23.6 Å². The second-order valence-corrected chi connectivity index (χ2v) is 4.19. The molecule has 3 nitrogen and oxygen atoms in total. The fourth-order valence-electron chi connectivity index (χ4n) is 1.79. The lowest BCUT2D eigenvalue weighted by atomic mass is 10.1. The Labute approximate surface area is 110 Å². The van der Waals surface area contributed by atoms with Gasteiger partial charge in [-0.05, 0) is 44.3 Å². The average Bonchev–Trinajstić information content (AvgIpc) is 2.42. The van der Waals surface area contributed by atoms with Crippen LogP contribution in [0, 0.1) is 11.6 Å². The van der Waals surface area contributed by atoms with E-state index in [2.05, 4.69) is 15.3 Å². The molecule has 0 amide bonds. The molecule has 2 rings (SSSR count). The minimum absolute atomic E-state index is 0.164. The third-order valence-corrected chi connectivity index (χ3v) is 2.74. The first-order valence-corrected chi connectivity index (χ1v) is 6.12. The van der Waals surface area contributed by atoms with Crippen LogP contribution in [0.5, 0.6) is 0 Å². The van der Waals surface area contributed by atoms with Crippen molar-refractivity contribution in [2.75, 3.05) is 13.6 Å². The highest BCUT2D eigenvalue weighted by Crippen LogP contribution is 2.21. The minimum atomic E-state index is -0.485. The van der Waals surface area contributed by atoms with E-state index in [1.165, 1.54) is 0 Å². The van der Waals surface area contributed by atoms with Crippen LogP contribution in [0.3, 0.4) is 0 Å². The number of nitrogens with zero attached hydrogens (tertiary/aromatic N) is 2. The highest BCUT2D eigenvalue weighted by molar-refractivity contribution is 5.59. The molecule has 100 valence electrons. The molecule has 0 aliphatic carbocycles. The first kappa shape index (κ1) is 13.5. The van der Waals surface area contributed by atoms with Gasteiger partial charge in [0.05, 0.1) is 5.69 Å². The molecule has 0 bridgehead atoms. The maximum atomic E-state index is 13.7. The molecular weight excluding hydrogens is 248 g/mol. The van der Waals surface area contributed by atoms with Crippen LogP contribution in [0.15, 0.2) is 30.5 Å². The maximum Gasteiger partial charge on any atom is 0.132 e. The molecule has 5 heteroatoms. The van der Waals surface area contributed by atoms with E-state index in [9.17, 15) is 8.78 Å². The van der Waals surface area contributed by atoms with Gasteiger partial charge in [-0.1, -0.05) is 0 Å². The van der Waals surface area contributed by atoms with Crippen LogP contribution >= 0.6 is 0 Å². The molecule has 19 heavy (non-hydrogen) atoms. The first-order valence-electron chi connectivity index (χ1n) is 6.12. The summed E-state index contributed by atoms with van der Waals surface area (Å²) in [6.07, 6.45) is 3.17. The van der Waals surface area contributed by atoms with Crippen molar-refractivity contribution in [2.45, 2.75) is 12.8 Å². The van der Waals surface area contributed by atoms with Gasteiger partial charge in [0.15, 0.2) is 0 Å². The lowest BCUT2D eigenvalue weighted by molar-refractivity contribution is 0.602. The zero-order valence-electron chi connectivity index (χ0n) is 10.7. The van der Waals surface area contributed by atoms with E-state index in [1.807, 2.05) is 7.05 Å². The molecule has 2 aromatic rings. The van der Waals surface area contributed by atoms with E-state index in [0.717, 1.165) is 31.2 Å². The Morgan fingerprint density at radius 3 is 2.84 bits per heavy atom. The maximum absolute atomic E-state index is 13.7. The summed E-state index contributed by atoms with van der Waals surface area (Å²) in [5, 5.41) is 3.04. The van der Waals surface area contributed by atoms with Crippen molar-refractivity contribution in [2.24, 2.45) is 0 Å². The van der Waals surface area contributed by atoms with E-state index in [4.69, 9.17) is 0 Å². The highest BCUT2D eigenvalue weighted by atomic mass is 19.1. The fraction of sp³-hybridized carbons (Fsp3) is 0.286. The second kappa shape index (κ2) is 6.33. The number of hydrogen-bond acceptors (Lipinski definition) is 3. The van der Waals surface area contributed by atoms with E-state index in [-0.39, 0.29) is 5.56 Å². The van der Waals surface area contributed by atoms with Gasteiger partial charge in [0.1, 0.15) is 17.5 Å². The number of rotatable bonds is 5. The topological polar surface area (TPSA) is 37.8 Å². The number of aryl methyl sites for hydroxylation is 1. The number of aromatic nitrogens is 2. The molecule has 0 atom stereocenters. The zero-order chi connectivity index (χ0) is 13.7. The largest absolute Gasteiger partial charge is 0.320 e. The third kappa shape index (κ3) is 3.54. The van der Waals surface area contributed by atoms with Crippen LogP contribution < -0.4 is 5.32 Å². The molecule has 0 spiro atoms. The van der Waals surface area contributed by atoms with Crippen molar-refractivity contribution in [3.63, 3.8) is 0 Å².